The van der Waals surface area contributed by atoms with Crippen LogP contribution in [0.4, 0.5) is 0 Å². The van der Waals surface area contributed by atoms with Gasteiger partial charge in [-0.25, -0.2) is 0 Å². The molecule has 0 bridgehead atoms. The van der Waals surface area contributed by atoms with Crippen LogP contribution in [0.2, 0.25) is 0 Å². The van der Waals surface area contributed by atoms with E-state index >= 15 is 0 Å². The molecule has 9 nitrogen and oxygen atoms in total. The first kappa shape index (κ1) is 20.0. The Morgan fingerprint density at radius 2 is 1.97 bits per heavy atom. The number of amides is 1. The number of hydrogen-bond donors (Lipinski definition) is 1. The summed E-state index contributed by atoms with van der Waals surface area (Å²) in [6.45, 7) is 6.71. The van der Waals surface area contributed by atoms with Crippen LogP contribution < -0.4 is 0 Å². The lowest BCUT2D eigenvalue weighted by Crippen LogP contribution is -2.35. The fourth-order valence-corrected chi connectivity index (χ4v) is 4.79. The van der Waals surface area contributed by atoms with Crippen LogP contribution in [0.1, 0.15) is 48.3 Å². The van der Waals surface area contributed by atoms with Crippen LogP contribution in [0.5, 0.6) is 0 Å². The fourth-order valence-electron chi connectivity index (χ4n) is 4.79. The number of para-hydroxylation sites is 1. The molecule has 0 radical (unpaired) electrons. The average molecular weight is 422 g/mol. The molecule has 2 aliphatic heterocycles. The van der Waals surface area contributed by atoms with E-state index in [9.17, 15) is 9.90 Å². The number of aliphatic hydroxyl groups is 1. The minimum Gasteiger partial charge on any atom is -0.392 e. The number of aliphatic hydroxyl groups excluding tert-OH is 1. The Balaban J connectivity index is 1.39. The van der Waals surface area contributed by atoms with Gasteiger partial charge >= 0.3 is 0 Å². The van der Waals surface area contributed by atoms with Crippen molar-refractivity contribution in [3.05, 3.63) is 47.8 Å². The molecule has 0 saturated carbocycles. The predicted octanol–water partition coefficient (Wildman–Crippen LogP) is 1.44. The van der Waals surface area contributed by atoms with Gasteiger partial charge in [0.1, 0.15) is 11.3 Å². The zero-order chi connectivity index (χ0) is 21.5. The maximum absolute atomic E-state index is 13.3. The Morgan fingerprint density at radius 1 is 1.13 bits per heavy atom. The molecule has 9 heteroatoms. The smallest absolute Gasteiger partial charge is 0.256 e. The number of benzene rings is 1. The van der Waals surface area contributed by atoms with E-state index in [1.54, 1.807) is 12.4 Å². The van der Waals surface area contributed by atoms with Gasteiger partial charge in [-0.15, -0.1) is 10.2 Å². The number of rotatable bonds is 3. The molecule has 1 amide bonds. The van der Waals surface area contributed by atoms with Crippen LogP contribution >= 0.6 is 0 Å². The van der Waals surface area contributed by atoms with Crippen LogP contribution in [-0.2, 0) is 13.0 Å². The number of likely N-dealkylation sites (tertiary alicyclic amines) is 1. The van der Waals surface area contributed by atoms with Gasteiger partial charge in [0, 0.05) is 51.0 Å². The predicted molar refractivity (Wildman–Crippen MR) is 114 cm³/mol. The Hall–Kier alpha value is -2.91. The van der Waals surface area contributed by atoms with Crippen LogP contribution in [0.15, 0.2) is 30.6 Å². The van der Waals surface area contributed by atoms with E-state index in [0.717, 1.165) is 17.2 Å². The summed E-state index contributed by atoms with van der Waals surface area (Å²) in [5.41, 5.74) is 1.93. The van der Waals surface area contributed by atoms with E-state index in [2.05, 4.69) is 43.5 Å². The largest absolute Gasteiger partial charge is 0.392 e. The van der Waals surface area contributed by atoms with Crippen molar-refractivity contribution in [1.82, 2.24) is 34.5 Å². The Kier molecular flexibility index (Phi) is 5.15. The zero-order valence-electron chi connectivity index (χ0n) is 17.8. The lowest BCUT2D eigenvalue weighted by atomic mass is 10.1. The molecule has 2 aliphatic rings. The number of carbonyl (C=O) groups is 1. The number of carbonyl (C=O) groups excluding carboxylic acids is 1. The van der Waals surface area contributed by atoms with Gasteiger partial charge in [-0.05, 0) is 32.4 Å². The zero-order valence-corrected chi connectivity index (χ0v) is 17.8. The molecule has 0 spiro atoms. The van der Waals surface area contributed by atoms with Crippen molar-refractivity contribution in [2.24, 2.45) is 0 Å². The molecule has 1 saturated heterocycles. The second-order valence-corrected chi connectivity index (χ2v) is 8.59. The molecule has 1 aromatic carbocycles. The van der Waals surface area contributed by atoms with Crippen LogP contribution in [-0.4, -0.2) is 77.3 Å². The molecule has 0 aliphatic carbocycles. The summed E-state index contributed by atoms with van der Waals surface area (Å²) in [6.07, 6.45) is 4.21. The Morgan fingerprint density at radius 3 is 2.81 bits per heavy atom. The molecule has 0 unspecified atom stereocenters. The molecular weight excluding hydrogens is 394 g/mol. The highest BCUT2D eigenvalue weighted by atomic mass is 16.3. The number of fused-ring (bicyclic) bond motifs is 2. The summed E-state index contributed by atoms with van der Waals surface area (Å²) >= 11 is 0. The summed E-state index contributed by atoms with van der Waals surface area (Å²) < 4.78 is 2.15. The summed E-state index contributed by atoms with van der Waals surface area (Å²) in [5.74, 6) is 1.75. The van der Waals surface area contributed by atoms with Gasteiger partial charge in [0.25, 0.3) is 5.91 Å². The number of β-amino-alcohol motifs (C(OH)–C–C–N with tert-alkyl or cyclic N) is 1. The normalized spacial score (nSPS) is 22.1. The quantitative estimate of drug-likeness (QED) is 0.683. The summed E-state index contributed by atoms with van der Waals surface area (Å²) in [6, 6.07) is 5.89. The molecule has 3 aromatic rings. The van der Waals surface area contributed by atoms with Crippen LogP contribution in [0, 0.1) is 0 Å². The lowest BCUT2D eigenvalue weighted by molar-refractivity contribution is 0.0760. The highest BCUT2D eigenvalue weighted by molar-refractivity contribution is 6.04. The standard InChI is InChI=1S/C22H27N7O2/c1-14(2)29-13-15(30)12-18(29)21-26-25-19-6-9-27(10-11-28(19)21)22(31)16-4-3-5-17-20(16)24-8-7-23-17/h3-5,7-8,14-15,18,30H,6,9-13H2,1-2H3/t15-,18+/m1/s1. The van der Waals surface area contributed by atoms with Gasteiger partial charge in [0.15, 0.2) is 5.82 Å². The van der Waals surface area contributed by atoms with Crippen LogP contribution in [0.3, 0.4) is 0 Å². The third-order valence-electron chi connectivity index (χ3n) is 6.35. The molecule has 162 valence electrons. The van der Waals surface area contributed by atoms with Gasteiger partial charge in [0.05, 0.1) is 23.2 Å². The third kappa shape index (κ3) is 3.57. The summed E-state index contributed by atoms with van der Waals surface area (Å²) in [4.78, 5) is 26.2. The van der Waals surface area contributed by atoms with Crippen molar-refractivity contribution in [3.8, 4) is 0 Å². The maximum atomic E-state index is 13.3. The van der Waals surface area contributed by atoms with E-state index in [0.29, 0.717) is 56.1 Å². The van der Waals surface area contributed by atoms with Gasteiger partial charge in [-0.3, -0.25) is 19.7 Å². The maximum Gasteiger partial charge on any atom is 0.256 e. The van der Waals surface area contributed by atoms with E-state index in [4.69, 9.17) is 0 Å². The van der Waals surface area contributed by atoms with Gasteiger partial charge in [-0.2, -0.15) is 0 Å². The molecular formula is C22H27N7O2. The van der Waals surface area contributed by atoms with Crippen molar-refractivity contribution in [2.75, 3.05) is 19.6 Å². The molecule has 2 aromatic heterocycles. The monoisotopic (exact) mass is 421 g/mol. The van der Waals surface area contributed by atoms with Crippen molar-refractivity contribution in [2.45, 2.75) is 51.4 Å². The van der Waals surface area contributed by atoms with Crippen molar-refractivity contribution in [3.63, 3.8) is 0 Å². The molecule has 5 rings (SSSR count). The van der Waals surface area contributed by atoms with E-state index in [-0.39, 0.29) is 18.1 Å². The second kappa shape index (κ2) is 7.97. The second-order valence-electron chi connectivity index (χ2n) is 8.59. The van der Waals surface area contributed by atoms with Crippen molar-refractivity contribution < 1.29 is 9.90 Å². The third-order valence-corrected chi connectivity index (χ3v) is 6.35. The SMILES string of the molecule is CC(C)N1C[C@H](O)C[C@H]1c1nnc2n1CCN(C(=O)c1cccc3nccnc13)CC2. The number of aromatic nitrogens is 5. The first-order valence-corrected chi connectivity index (χ1v) is 10.9. The fraction of sp³-hybridized carbons (Fsp3) is 0.500. The Bertz CT molecular complexity index is 1110. The molecule has 1 N–H and O–H groups in total. The molecule has 4 heterocycles. The summed E-state index contributed by atoms with van der Waals surface area (Å²) in [5, 5.41) is 19.2. The molecule has 2 atom stereocenters. The lowest BCUT2D eigenvalue weighted by Gasteiger charge is -2.27. The molecule has 1 fully saturated rings. The van der Waals surface area contributed by atoms with Crippen molar-refractivity contribution >= 4 is 16.9 Å². The van der Waals surface area contributed by atoms with E-state index < -0.39 is 0 Å². The van der Waals surface area contributed by atoms with Crippen molar-refractivity contribution in [1.29, 1.82) is 0 Å². The first-order chi connectivity index (χ1) is 15.0. The first-order valence-electron chi connectivity index (χ1n) is 10.9. The highest BCUT2D eigenvalue weighted by Crippen LogP contribution is 2.33. The molecule has 31 heavy (non-hydrogen) atoms. The summed E-state index contributed by atoms with van der Waals surface area (Å²) in [7, 11) is 0. The van der Waals surface area contributed by atoms with E-state index in [1.165, 1.54) is 0 Å². The van der Waals surface area contributed by atoms with Crippen LogP contribution in [0.25, 0.3) is 11.0 Å². The minimum absolute atomic E-state index is 0.0357. The number of hydrogen-bond acceptors (Lipinski definition) is 7. The van der Waals surface area contributed by atoms with Gasteiger partial charge in [-0.1, -0.05) is 6.07 Å². The topological polar surface area (TPSA) is 100 Å². The van der Waals surface area contributed by atoms with Gasteiger partial charge < -0.3 is 14.6 Å². The minimum atomic E-state index is -0.350. The average Bonchev–Trinajstić information content (AvgIpc) is 3.29. The van der Waals surface area contributed by atoms with Gasteiger partial charge in [0.2, 0.25) is 0 Å². The Labute approximate surface area is 180 Å². The van der Waals surface area contributed by atoms with E-state index in [1.807, 2.05) is 23.1 Å². The highest BCUT2D eigenvalue weighted by Gasteiger charge is 2.37. The number of nitrogens with zero attached hydrogens (tertiary/aromatic N) is 7.